The predicted octanol–water partition coefficient (Wildman–Crippen LogP) is -0.456. The van der Waals surface area contributed by atoms with Gasteiger partial charge in [0.1, 0.15) is 0 Å². The van der Waals surface area contributed by atoms with Crippen LogP contribution in [0.25, 0.3) is 0 Å². The highest BCUT2D eigenvalue weighted by Gasteiger charge is 2.09. The smallest absolute Gasteiger partial charge is 0.0853 e. The largest absolute Gasteiger partial charge is 0.329 e. The molecule has 3 nitrogen and oxygen atoms in total. The van der Waals surface area contributed by atoms with E-state index in [2.05, 4.69) is 33.5 Å². The highest BCUT2D eigenvalue weighted by molar-refractivity contribution is 4.51. The molecule has 0 aromatic rings. The van der Waals surface area contributed by atoms with Crippen molar-refractivity contribution in [2.45, 2.75) is 13.0 Å². The van der Waals surface area contributed by atoms with Crippen LogP contribution in [0.15, 0.2) is 0 Å². The summed E-state index contributed by atoms with van der Waals surface area (Å²) >= 11 is 0. The van der Waals surface area contributed by atoms with Crippen LogP contribution in [-0.4, -0.2) is 38.3 Å². The number of quaternary nitrogens is 1. The van der Waals surface area contributed by atoms with Crippen molar-refractivity contribution in [3.8, 4) is 0 Å². The van der Waals surface area contributed by atoms with Gasteiger partial charge >= 0.3 is 0 Å². The Labute approximate surface area is 57.4 Å². The second kappa shape index (κ2) is 3.15. The van der Waals surface area contributed by atoms with Crippen LogP contribution < -0.4 is 11.2 Å². The standard InChI is InChI=1S/C6H18N3/c1-6(5-7)8-9(2,3)4/h6,8H,5,7H2,1-4H3/q+1. The van der Waals surface area contributed by atoms with E-state index in [4.69, 9.17) is 5.73 Å². The lowest BCUT2D eigenvalue weighted by atomic mass is 10.4. The van der Waals surface area contributed by atoms with E-state index >= 15 is 0 Å². The van der Waals surface area contributed by atoms with Crippen LogP contribution in [0.2, 0.25) is 0 Å². The maximum Gasteiger partial charge on any atom is 0.0853 e. The van der Waals surface area contributed by atoms with Gasteiger partial charge in [-0.2, -0.15) is 5.43 Å². The lowest BCUT2D eigenvalue weighted by Gasteiger charge is -2.27. The summed E-state index contributed by atoms with van der Waals surface area (Å²) in [6.45, 7) is 2.76. The van der Waals surface area contributed by atoms with Gasteiger partial charge in [-0.25, -0.2) is 0 Å². The second-order valence-electron chi connectivity index (χ2n) is 3.28. The fourth-order valence-corrected chi connectivity index (χ4v) is 0.714. The van der Waals surface area contributed by atoms with Crippen molar-refractivity contribution in [1.82, 2.24) is 5.43 Å². The van der Waals surface area contributed by atoms with E-state index in [1.54, 1.807) is 0 Å². The molecule has 3 heteroatoms. The van der Waals surface area contributed by atoms with Crippen LogP contribution >= 0.6 is 0 Å². The lowest BCUT2D eigenvalue weighted by molar-refractivity contribution is -0.918. The summed E-state index contributed by atoms with van der Waals surface area (Å²) in [6, 6.07) is 0.394. The molecule has 0 aromatic carbocycles. The number of nitrogens with zero attached hydrogens (tertiary/aromatic N) is 1. The summed E-state index contributed by atoms with van der Waals surface area (Å²) < 4.78 is 0.762. The quantitative estimate of drug-likeness (QED) is 0.403. The van der Waals surface area contributed by atoms with Gasteiger partial charge in [0.05, 0.1) is 27.2 Å². The first-order valence-electron chi connectivity index (χ1n) is 3.25. The van der Waals surface area contributed by atoms with E-state index < -0.39 is 0 Å². The Morgan fingerprint density at radius 1 is 1.44 bits per heavy atom. The summed E-state index contributed by atoms with van der Waals surface area (Å²) in [5.74, 6) is 0. The maximum atomic E-state index is 5.41. The average Bonchev–Trinajstić information content (AvgIpc) is 1.62. The SMILES string of the molecule is CC(CN)N[N+](C)(C)C. The first-order chi connectivity index (χ1) is 3.95. The Kier molecular flexibility index (Phi) is 3.11. The number of nitrogens with one attached hydrogen (secondary N) is 1. The number of hydrogen-bond donors (Lipinski definition) is 2. The van der Waals surface area contributed by atoms with Gasteiger partial charge < -0.3 is 5.73 Å². The Morgan fingerprint density at radius 2 is 1.89 bits per heavy atom. The van der Waals surface area contributed by atoms with E-state index in [0.29, 0.717) is 12.6 Å². The van der Waals surface area contributed by atoms with Crippen molar-refractivity contribution in [3.63, 3.8) is 0 Å². The third-order valence-electron chi connectivity index (χ3n) is 0.961. The van der Waals surface area contributed by atoms with Crippen molar-refractivity contribution in [1.29, 1.82) is 0 Å². The predicted molar refractivity (Wildman–Crippen MR) is 39.7 cm³/mol. The van der Waals surface area contributed by atoms with Crippen LogP contribution in [0, 0.1) is 0 Å². The van der Waals surface area contributed by atoms with Gasteiger partial charge in [-0.05, 0) is 6.92 Å². The molecule has 1 atom stereocenters. The van der Waals surface area contributed by atoms with Crippen molar-refractivity contribution in [2.75, 3.05) is 27.7 Å². The monoisotopic (exact) mass is 132 g/mol. The van der Waals surface area contributed by atoms with E-state index in [1.807, 2.05) is 0 Å². The molecular weight excluding hydrogens is 114 g/mol. The normalized spacial score (nSPS) is 15.7. The van der Waals surface area contributed by atoms with Crippen molar-refractivity contribution < 1.29 is 4.59 Å². The van der Waals surface area contributed by atoms with Gasteiger partial charge in [-0.3, -0.25) is 4.59 Å². The molecule has 0 aliphatic rings. The molecule has 0 spiro atoms. The Morgan fingerprint density at radius 3 is 2.00 bits per heavy atom. The third kappa shape index (κ3) is 5.76. The van der Waals surface area contributed by atoms with Gasteiger partial charge in [0.15, 0.2) is 0 Å². The summed E-state index contributed by atoms with van der Waals surface area (Å²) in [4.78, 5) is 0. The third-order valence-corrected chi connectivity index (χ3v) is 0.961. The highest BCUT2D eigenvalue weighted by atomic mass is 15.6. The Balaban J connectivity index is 3.47. The van der Waals surface area contributed by atoms with Crippen molar-refractivity contribution in [3.05, 3.63) is 0 Å². The first kappa shape index (κ1) is 8.88. The van der Waals surface area contributed by atoms with E-state index in [0.717, 1.165) is 4.59 Å². The lowest BCUT2D eigenvalue weighted by Crippen LogP contribution is -2.54. The molecule has 0 bridgehead atoms. The van der Waals surface area contributed by atoms with Gasteiger partial charge in [0.25, 0.3) is 0 Å². The number of hydrogen-bond acceptors (Lipinski definition) is 2. The molecule has 0 saturated carbocycles. The van der Waals surface area contributed by atoms with Gasteiger partial charge in [0, 0.05) is 6.54 Å². The van der Waals surface area contributed by atoms with E-state index in [-0.39, 0.29) is 0 Å². The fourth-order valence-electron chi connectivity index (χ4n) is 0.714. The van der Waals surface area contributed by atoms with Gasteiger partial charge in [0.2, 0.25) is 0 Å². The molecule has 0 amide bonds. The minimum Gasteiger partial charge on any atom is -0.329 e. The van der Waals surface area contributed by atoms with Crippen LogP contribution in [0.4, 0.5) is 0 Å². The van der Waals surface area contributed by atoms with Crippen LogP contribution in [0.1, 0.15) is 6.92 Å². The van der Waals surface area contributed by atoms with Crippen LogP contribution in [-0.2, 0) is 0 Å². The maximum absolute atomic E-state index is 5.41. The van der Waals surface area contributed by atoms with Crippen molar-refractivity contribution in [2.24, 2.45) is 5.73 Å². The number of nitrogens with two attached hydrogens (primary N) is 1. The average molecular weight is 132 g/mol. The van der Waals surface area contributed by atoms with E-state index in [9.17, 15) is 0 Å². The van der Waals surface area contributed by atoms with E-state index in [1.165, 1.54) is 0 Å². The molecule has 0 radical (unpaired) electrons. The molecule has 3 N–H and O–H groups in total. The first-order valence-corrected chi connectivity index (χ1v) is 3.25. The fraction of sp³-hybridized carbons (Fsp3) is 1.00. The molecule has 0 fully saturated rings. The molecule has 1 unspecified atom stereocenters. The molecule has 0 aromatic heterocycles. The summed E-state index contributed by atoms with van der Waals surface area (Å²) in [5.41, 5.74) is 8.69. The minimum atomic E-state index is 0.394. The Bertz CT molecular complexity index is 74.9. The van der Waals surface area contributed by atoms with Crippen molar-refractivity contribution >= 4 is 0 Å². The molecule has 0 aliphatic carbocycles. The molecular formula is C6H18N3+. The Hall–Kier alpha value is -0.120. The summed E-state index contributed by atoms with van der Waals surface area (Å²) in [6.07, 6.45) is 0. The molecule has 0 saturated heterocycles. The molecule has 0 rings (SSSR count). The number of rotatable bonds is 3. The highest BCUT2D eigenvalue weighted by Crippen LogP contribution is 1.85. The summed E-state index contributed by atoms with van der Waals surface area (Å²) in [7, 11) is 6.23. The summed E-state index contributed by atoms with van der Waals surface area (Å²) in [5, 5.41) is 0. The van der Waals surface area contributed by atoms with Gasteiger partial charge in [-0.15, -0.1) is 0 Å². The molecule has 0 heterocycles. The zero-order chi connectivity index (χ0) is 7.49. The van der Waals surface area contributed by atoms with Crippen LogP contribution in [0.5, 0.6) is 0 Å². The second-order valence-corrected chi connectivity index (χ2v) is 3.28. The zero-order valence-electron chi connectivity index (χ0n) is 6.81. The topological polar surface area (TPSA) is 38.0 Å². The molecule has 9 heavy (non-hydrogen) atoms. The zero-order valence-corrected chi connectivity index (χ0v) is 6.81. The van der Waals surface area contributed by atoms with Crippen LogP contribution in [0.3, 0.4) is 0 Å². The minimum absolute atomic E-state index is 0.394. The van der Waals surface area contributed by atoms with Gasteiger partial charge in [-0.1, -0.05) is 0 Å². The molecule has 56 valence electrons. The molecule has 0 aliphatic heterocycles.